The van der Waals surface area contributed by atoms with Crippen molar-refractivity contribution in [3.63, 3.8) is 0 Å². The quantitative estimate of drug-likeness (QED) is 0.893. The molecule has 0 bridgehead atoms. The van der Waals surface area contributed by atoms with Gasteiger partial charge in [-0.3, -0.25) is 4.79 Å². The molecule has 0 spiro atoms. The van der Waals surface area contributed by atoms with Crippen molar-refractivity contribution in [1.29, 1.82) is 0 Å². The molecule has 0 aliphatic carbocycles. The van der Waals surface area contributed by atoms with Crippen molar-refractivity contribution in [3.05, 3.63) is 65.2 Å². The number of carbonyl (C=O) groups is 1. The molecule has 2 aromatic carbocycles. The second kappa shape index (κ2) is 7.29. The number of rotatable bonds is 5. The number of nitrogens with one attached hydrogen (secondary N) is 2. The van der Waals surface area contributed by atoms with Crippen molar-refractivity contribution in [3.8, 4) is 5.75 Å². The lowest BCUT2D eigenvalue weighted by Crippen LogP contribution is -2.23. The maximum Gasteiger partial charge on any atom is 0.251 e. The molecule has 1 aliphatic heterocycles. The van der Waals surface area contributed by atoms with E-state index in [9.17, 15) is 4.79 Å². The van der Waals surface area contributed by atoms with Crippen molar-refractivity contribution < 1.29 is 9.53 Å². The van der Waals surface area contributed by atoms with Gasteiger partial charge in [0.25, 0.3) is 5.91 Å². The Labute approximate surface area is 136 Å². The number of benzene rings is 2. The third-order valence-corrected chi connectivity index (χ3v) is 4.27. The number of carbonyl (C=O) groups excluding carboxylic acids is 1. The molecule has 120 valence electrons. The van der Waals surface area contributed by atoms with Gasteiger partial charge in [0.1, 0.15) is 5.75 Å². The summed E-state index contributed by atoms with van der Waals surface area (Å²) in [5.74, 6) is 1.27. The summed E-state index contributed by atoms with van der Waals surface area (Å²) in [5, 5.41) is 6.34. The van der Waals surface area contributed by atoms with Crippen molar-refractivity contribution >= 4 is 5.91 Å². The summed E-state index contributed by atoms with van der Waals surface area (Å²) >= 11 is 0. The van der Waals surface area contributed by atoms with Crippen molar-refractivity contribution in [2.75, 3.05) is 20.2 Å². The average molecular weight is 310 g/mol. The Kier molecular flexibility index (Phi) is 4.93. The minimum Gasteiger partial charge on any atom is -0.497 e. The SMILES string of the molecule is COc1cccc(CNC(=O)c2cccc(C3CCNC3)c2)c1. The summed E-state index contributed by atoms with van der Waals surface area (Å²) < 4.78 is 5.20. The number of hydrogen-bond donors (Lipinski definition) is 2. The molecule has 1 amide bonds. The van der Waals surface area contributed by atoms with Crippen LogP contribution in [0.25, 0.3) is 0 Å². The van der Waals surface area contributed by atoms with Gasteiger partial charge in [-0.15, -0.1) is 0 Å². The van der Waals surface area contributed by atoms with Crippen LogP contribution in [0.3, 0.4) is 0 Å². The van der Waals surface area contributed by atoms with Crippen LogP contribution in [-0.4, -0.2) is 26.1 Å². The Balaban J connectivity index is 1.64. The van der Waals surface area contributed by atoms with Crippen LogP contribution < -0.4 is 15.4 Å². The van der Waals surface area contributed by atoms with E-state index in [1.807, 2.05) is 42.5 Å². The molecule has 4 nitrogen and oxygen atoms in total. The van der Waals surface area contributed by atoms with E-state index >= 15 is 0 Å². The Morgan fingerprint density at radius 3 is 2.91 bits per heavy atom. The summed E-state index contributed by atoms with van der Waals surface area (Å²) in [6.07, 6.45) is 1.13. The molecule has 0 aromatic heterocycles. The van der Waals surface area contributed by atoms with Crippen molar-refractivity contribution in [2.24, 2.45) is 0 Å². The molecule has 1 aliphatic rings. The van der Waals surface area contributed by atoms with E-state index in [-0.39, 0.29) is 5.91 Å². The molecule has 1 fully saturated rings. The molecule has 1 saturated heterocycles. The molecule has 4 heteroatoms. The topological polar surface area (TPSA) is 50.4 Å². The third kappa shape index (κ3) is 3.90. The van der Waals surface area contributed by atoms with Gasteiger partial charge in [-0.05, 0) is 54.3 Å². The summed E-state index contributed by atoms with van der Waals surface area (Å²) in [7, 11) is 1.64. The Bertz CT molecular complexity index is 679. The van der Waals surface area contributed by atoms with E-state index in [1.165, 1.54) is 5.56 Å². The van der Waals surface area contributed by atoms with E-state index in [4.69, 9.17) is 4.74 Å². The molecule has 3 rings (SSSR count). The molecule has 1 atom stereocenters. The van der Waals surface area contributed by atoms with Gasteiger partial charge in [-0.25, -0.2) is 0 Å². The fourth-order valence-corrected chi connectivity index (χ4v) is 2.94. The lowest BCUT2D eigenvalue weighted by atomic mass is 9.96. The first-order chi connectivity index (χ1) is 11.3. The minimum absolute atomic E-state index is 0.0411. The van der Waals surface area contributed by atoms with Crippen LogP contribution in [0.15, 0.2) is 48.5 Å². The van der Waals surface area contributed by atoms with Crippen LogP contribution >= 0.6 is 0 Å². The Hall–Kier alpha value is -2.33. The molecule has 2 aromatic rings. The van der Waals surface area contributed by atoms with Crippen molar-refractivity contribution in [2.45, 2.75) is 18.9 Å². The van der Waals surface area contributed by atoms with Crippen molar-refractivity contribution in [1.82, 2.24) is 10.6 Å². The molecule has 23 heavy (non-hydrogen) atoms. The van der Waals surface area contributed by atoms with Gasteiger partial charge >= 0.3 is 0 Å². The van der Waals surface area contributed by atoms with Gasteiger partial charge in [0, 0.05) is 18.7 Å². The van der Waals surface area contributed by atoms with Crippen LogP contribution in [0, 0.1) is 0 Å². The molecular formula is C19H22N2O2. The molecule has 1 unspecified atom stereocenters. The fourth-order valence-electron chi connectivity index (χ4n) is 2.94. The predicted octanol–water partition coefficient (Wildman–Crippen LogP) is 2.70. The first-order valence-corrected chi connectivity index (χ1v) is 7.98. The highest BCUT2D eigenvalue weighted by Crippen LogP contribution is 2.23. The zero-order valence-electron chi connectivity index (χ0n) is 13.3. The number of amides is 1. The number of methoxy groups -OCH3 is 1. The Morgan fingerprint density at radius 1 is 1.26 bits per heavy atom. The zero-order valence-corrected chi connectivity index (χ0v) is 13.3. The highest BCUT2D eigenvalue weighted by Gasteiger charge is 2.17. The summed E-state index contributed by atoms with van der Waals surface area (Å²) in [5.41, 5.74) is 2.98. The number of hydrogen-bond acceptors (Lipinski definition) is 3. The first kappa shape index (κ1) is 15.6. The van der Waals surface area contributed by atoms with E-state index in [2.05, 4.69) is 16.7 Å². The van der Waals surface area contributed by atoms with E-state index < -0.39 is 0 Å². The normalized spacial score (nSPS) is 17.0. The van der Waals surface area contributed by atoms with Gasteiger partial charge in [0.15, 0.2) is 0 Å². The highest BCUT2D eigenvalue weighted by atomic mass is 16.5. The van der Waals surface area contributed by atoms with Crippen LogP contribution in [0.2, 0.25) is 0 Å². The summed E-state index contributed by atoms with van der Waals surface area (Å²) in [6.45, 7) is 2.54. The molecule has 0 radical (unpaired) electrons. The second-order valence-electron chi connectivity index (χ2n) is 5.85. The van der Waals surface area contributed by atoms with E-state index in [0.717, 1.165) is 36.4 Å². The average Bonchev–Trinajstić information content (AvgIpc) is 3.14. The van der Waals surface area contributed by atoms with Crippen LogP contribution in [0.1, 0.15) is 33.8 Å². The second-order valence-corrected chi connectivity index (χ2v) is 5.85. The summed E-state index contributed by atoms with van der Waals surface area (Å²) in [4.78, 5) is 12.4. The Morgan fingerprint density at radius 2 is 2.13 bits per heavy atom. The van der Waals surface area contributed by atoms with E-state index in [1.54, 1.807) is 7.11 Å². The lowest BCUT2D eigenvalue weighted by molar-refractivity contribution is 0.0950. The molecule has 1 heterocycles. The third-order valence-electron chi connectivity index (χ3n) is 4.27. The smallest absolute Gasteiger partial charge is 0.251 e. The lowest BCUT2D eigenvalue weighted by Gasteiger charge is -2.11. The van der Waals surface area contributed by atoms with Crippen LogP contribution in [0.5, 0.6) is 5.75 Å². The first-order valence-electron chi connectivity index (χ1n) is 7.98. The molecular weight excluding hydrogens is 288 g/mol. The minimum atomic E-state index is -0.0411. The van der Waals surface area contributed by atoms with Gasteiger partial charge < -0.3 is 15.4 Å². The van der Waals surface area contributed by atoms with Crippen LogP contribution in [0.4, 0.5) is 0 Å². The zero-order chi connectivity index (χ0) is 16.1. The van der Waals surface area contributed by atoms with Crippen LogP contribution in [-0.2, 0) is 6.54 Å². The summed E-state index contributed by atoms with van der Waals surface area (Å²) in [6, 6.07) is 15.7. The van der Waals surface area contributed by atoms with Gasteiger partial charge in [0.2, 0.25) is 0 Å². The number of ether oxygens (including phenoxy) is 1. The van der Waals surface area contributed by atoms with Gasteiger partial charge in [-0.2, -0.15) is 0 Å². The molecule has 2 N–H and O–H groups in total. The van der Waals surface area contributed by atoms with Gasteiger partial charge in [-0.1, -0.05) is 24.3 Å². The standard InChI is InChI=1S/C19H22N2O2/c1-23-18-7-2-4-14(10-18)12-21-19(22)16-6-3-5-15(11-16)17-8-9-20-13-17/h2-7,10-11,17,20H,8-9,12-13H2,1H3,(H,21,22). The highest BCUT2D eigenvalue weighted by molar-refractivity contribution is 5.94. The largest absolute Gasteiger partial charge is 0.497 e. The van der Waals surface area contributed by atoms with Gasteiger partial charge in [0.05, 0.1) is 7.11 Å². The maximum atomic E-state index is 12.4. The fraction of sp³-hybridized carbons (Fsp3) is 0.316. The predicted molar refractivity (Wildman–Crippen MR) is 90.8 cm³/mol. The molecule has 0 saturated carbocycles. The van der Waals surface area contributed by atoms with E-state index in [0.29, 0.717) is 12.5 Å². The maximum absolute atomic E-state index is 12.4. The monoisotopic (exact) mass is 310 g/mol.